The van der Waals surface area contributed by atoms with E-state index in [0.29, 0.717) is 17.4 Å². The topological polar surface area (TPSA) is 23.5 Å². The van der Waals surface area contributed by atoms with Gasteiger partial charge in [-0.1, -0.05) is 13.8 Å². The molecule has 2 aliphatic rings. The standard InChI is InChI=1S/C13H25NO/c1-3-12(4-2)9-14(10-12)11-13(5-6-13)7-8-15/h15H,3-11H2,1-2H3. The summed E-state index contributed by atoms with van der Waals surface area (Å²) >= 11 is 0. The van der Waals surface area contributed by atoms with Crippen molar-refractivity contribution in [2.75, 3.05) is 26.2 Å². The Labute approximate surface area is 93.7 Å². The zero-order valence-electron chi connectivity index (χ0n) is 10.3. The number of hydrogen-bond donors (Lipinski definition) is 1. The Kier molecular flexibility index (Phi) is 3.09. The highest BCUT2D eigenvalue weighted by atomic mass is 16.3. The lowest BCUT2D eigenvalue weighted by Gasteiger charge is -2.51. The van der Waals surface area contributed by atoms with Crippen molar-refractivity contribution in [2.24, 2.45) is 10.8 Å². The van der Waals surface area contributed by atoms with E-state index in [2.05, 4.69) is 18.7 Å². The maximum atomic E-state index is 9.02. The van der Waals surface area contributed by atoms with E-state index in [-0.39, 0.29) is 0 Å². The third-order valence-corrected chi connectivity index (χ3v) is 4.78. The van der Waals surface area contributed by atoms with E-state index in [0.717, 1.165) is 6.42 Å². The molecule has 2 nitrogen and oxygen atoms in total. The van der Waals surface area contributed by atoms with Crippen molar-refractivity contribution >= 4 is 0 Å². The lowest BCUT2D eigenvalue weighted by Crippen LogP contribution is -2.57. The van der Waals surface area contributed by atoms with Crippen molar-refractivity contribution in [1.29, 1.82) is 0 Å². The first kappa shape index (κ1) is 11.4. The van der Waals surface area contributed by atoms with Crippen LogP contribution in [0, 0.1) is 10.8 Å². The molecule has 1 saturated heterocycles. The fourth-order valence-corrected chi connectivity index (χ4v) is 3.09. The van der Waals surface area contributed by atoms with Crippen LogP contribution in [0.3, 0.4) is 0 Å². The van der Waals surface area contributed by atoms with E-state index in [1.165, 1.54) is 45.3 Å². The summed E-state index contributed by atoms with van der Waals surface area (Å²) in [5.74, 6) is 0. The van der Waals surface area contributed by atoms with Gasteiger partial charge in [0.25, 0.3) is 0 Å². The maximum Gasteiger partial charge on any atom is 0.0436 e. The van der Waals surface area contributed by atoms with E-state index in [1.807, 2.05) is 0 Å². The highest BCUT2D eigenvalue weighted by Crippen LogP contribution is 2.51. The molecule has 1 aliphatic carbocycles. The Balaban J connectivity index is 1.76. The first-order chi connectivity index (χ1) is 7.17. The number of likely N-dealkylation sites (tertiary alicyclic amines) is 1. The summed E-state index contributed by atoms with van der Waals surface area (Å²) in [5.41, 5.74) is 1.15. The summed E-state index contributed by atoms with van der Waals surface area (Å²) < 4.78 is 0. The summed E-state index contributed by atoms with van der Waals surface area (Å²) in [5, 5.41) is 9.02. The molecule has 0 aromatic rings. The van der Waals surface area contributed by atoms with Crippen molar-refractivity contribution in [3.05, 3.63) is 0 Å². The molecule has 1 N–H and O–H groups in total. The van der Waals surface area contributed by atoms with E-state index in [9.17, 15) is 0 Å². The number of aliphatic hydroxyl groups is 1. The average molecular weight is 211 g/mol. The minimum absolute atomic E-state index is 0.376. The van der Waals surface area contributed by atoms with Crippen molar-refractivity contribution in [3.63, 3.8) is 0 Å². The Morgan fingerprint density at radius 2 is 1.67 bits per heavy atom. The number of rotatable bonds is 6. The number of aliphatic hydroxyl groups excluding tert-OH is 1. The molecule has 1 aliphatic heterocycles. The van der Waals surface area contributed by atoms with Gasteiger partial charge >= 0.3 is 0 Å². The van der Waals surface area contributed by atoms with Crippen LogP contribution in [0.2, 0.25) is 0 Å². The molecule has 1 saturated carbocycles. The van der Waals surface area contributed by atoms with Crippen molar-refractivity contribution in [1.82, 2.24) is 4.90 Å². The summed E-state index contributed by atoms with van der Waals surface area (Å²) in [6.45, 7) is 8.86. The molecule has 15 heavy (non-hydrogen) atoms. The highest BCUT2D eigenvalue weighted by molar-refractivity contribution is 5.01. The molecule has 0 bridgehead atoms. The molecular formula is C13H25NO. The van der Waals surface area contributed by atoms with Gasteiger partial charge < -0.3 is 10.0 Å². The van der Waals surface area contributed by atoms with Gasteiger partial charge in [0.15, 0.2) is 0 Å². The second kappa shape index (κ2) is 4.06. The summed E-state index contributed by atoms with van der Waals surface area (Å²) in [6, 6.07) is 0. The van der Waals surface area contributed by atoms with Crippen LogP contribution in [0.15, 0.2) is 0 Å². The predicted octanol–water partition coefficient (Wildman–Crippen LogP) is 2.27. The van der Waals surface area contributed by atoms with E-state index in [4.69, 9.17) is 5.11 Å². The van der Waals surface area contributed by atoms with Crippen molar-refractivity contribution in [3.8, 4) is 0 Å². The third-order valence-electron chi connectivity index (χ3n) is 4.78. The van der Waals surface area contributed by atoms with Crippen LogP contribution in [-0.2, 0) is 0 Å². The number of hydrogen-bond acceptors (Lipinski definition) is 2. The summed E-state index contributed by atoms with van der Waals surface area (Å²) in [6.07, 6.45) is 6.36. The molecule has 0 atom stereocenters. The largest absolute Gasteiger partial charge is 0.396 e. The zero-order chi connectivity index (χ0) is 10.9. The highest BCUT2D eigenvalue weighted by Gasteiger charge is 2.48. The summed E-state index contributed by atoms with van der Waals surface area (Å²) in [4.78, 5) is 2.61. The fraction of sp³-hybridized carbons (Fsp3) is 1.00. The predicted molar refractivity (Wildman–Crippen MR) is 62.8 cm³/mol. The average Bonchev–Trinajstić information content (AvgIpc) is 2.92. The third kappa shape index (κ3) is 2.21. The molecule has 1 heterocycles. The molecule has 2 fully saturated rings. The Morgan fingerprint density at radius 3 is 2.07 bits per heavy atom. The molecule has 0 unspecified atom stereocenters. The first-order valence-corrected chi connectivity index (χ1v) is 6.51. The second-order valence-corrected chi connectivity index (χ2v) is 5.83. The molecule has 0 amide bonds. The van der Waals surface area contributed by atoms with Crippen LogP contribution < -0.4 is 0 Å². The first-order valence-electron chi connectivity index (χ1n) is 6.51. The van der Waals surface area contributed by atoms with Crippen LogP contribution >= 0.6 is 0 Å². The van der Waals surface area contributed by atoms with Crippen LogP contribution in [0.4, 0.5) is 0 Å². The van der Waals surface area contributed by atoms with Crippen LogP contribution in [-0.4, -0.2) is 36.2 Å². The monoisotopic (exact) mass is 211 g/mol. The molecular weight excluding hydrogens is 186 g/mol. The Morgan fingerprint density at radius 1 is 1.07 bits per heavy atom. The molecule has 2 heteroatoms. The van der Waals surface area contributed by atoms with Crippen LogP contribution in [0.25, 0.3) is 0 Å². The molecule has 88 valence electrons. The van der Waals surface area contributed by atoms with Crippen molar-refractivity contribution < 1.29 is 5.11 Å². The van der Waals surface area contributed by atoms with Crippen LogP contribution in [0.5, 0.6) is 0 Å². The zero-order valence-corrected chi connectivity index (χ0v) is 10.3. The van der Waals surface area contributed by atoms with Gasteiger partial charge in [0.1, 0.15) is 0 Å². The van der Waals surface area contributed by atoms with E-state index in [1.54, 1.807) is 0 Å². The normalized spacial score (nSPS) is 27.4. The van der Waals surface area contributed by atoms with E-state index < -0.39 is 0 Å². The molecule has 0 spiro atoms. The van der Waals surface area contributed by atoms with E-state index >= 15 is 0 Å². The molecule has 0 aromatic heterocycles. The quantitative estimate of drug-likeness (QED) is 0.728. The summed E-state index contributed by atoms with van der Waals surface area (Å²) in [7, 11) is 0. The van der Waals surface area contributed by atoms with Gasteiger partial charge in [-0.2, -0.15) is 0 Å². The minimum Gasteiger partial charge on any atom is -0.396 e. The van der Waals surface area contributed by atoms with Gasteiger partial charge in [0.2, 0.25) is 0 Å². The van der Waals surface area contributed by atoms with Gasteiger partial charge in [-0.25, -0.2) is 0 Å². The lowest BCUT2D eigenvalue weighted by molar-refractivity contribution is -0.0215. The second-order valence-electron chi connectivity index (χ2n) is 5.83. The van der Waals surface area contributed by atoms with Gasteiger partial charge in [-0.15, -0.1) is 0 Å². The molecule has 0 radical (unpaired) electrons. The van der Waals surface area contributed by atoms with Gasteiger partial charge in [-0.05, 0) is 42.9 Å². The van der Waals surface area contributed by atoms with Crippen LogP contribution in [0.1, 0.15) is 46.0 Å². The van der Waals surface area contributed by atoms with Gasteiger partial charge in [-0.3, -0.25) is 0 Å². The lowest BCUT2D eigenvalue weighted by atomic mass is 9.74. The SMILES string of the molecule is CCC1(CC)CN(CC2(CCO)CC2)C1. The molecule has 0 aromatic carbocycles. The number of nitrogens with zero attached hydrogens (tertiary/aromatic N) is 1. The minimum atomic E-state index is 0.376. The Bertz CT molecular complexity index is 211. The smallest absolute Gasteiger partial charge is 0.0436 e. The fourth-order valence-electron chi connectivity index (χ4n) is 3.09. The Hall–Kier alpha value is -0.0800. The molecule has 2 rings (SSSR count). The maximum absolute atomic E-state index is 9.02. The van der Waals surface area contributed by atoms with Gasteiger partial charge in [0.05, 0.1) is 0 Å². The van der Waals surface area contributed by atoms with Gasteiger partial charge in [0, 0.05) is 26.2 Å². The van der Waals surface area contributed by atoms with Crippen molar-refractivity contribution in [2.45, 2.75) is 46.0 Å².